The second-order valence-electron chi connectivity index (χ2n) is 2.80. The molecule has 1 fully saturated rings. The average Bonchev–Trinajstić information content (AvgIpc) is 2.33. The van der Waals surface area contributed by atoms with Crippen LogP contribution in [-0.2, 0) is 0 Å². The van der Waals surface area contributed by atoms with Gasteiger partial charge in [-0.3, -0.25) is 0 Å². The summed E-state index contributed by atoms with van der Waals surface area (Å²) < 4.78 is 0. The SMILES string of the molecule is [CH]1CCC2C=CC=C2C1. The molecule has 1 saturated carbocycles. The molecule has 0 bridgehead atoms. The lowest BCUT2D eigenvalue weighted by Crippen LogP contribution is -2.04. The molecule has 1 atom stereocenters. The number of rotatable bonds is 0. The third-order valence-corrected chi connectivity index (χ3v) is 2.19. The molecular weight excluding hydrogens is 108 g/mol. The van der Waals surface area contributed by atoms with E-state index >= 15 is 0 Å². The highest BCUT2D eigenvalue weighted by Gasteiger charge is 2.17. The topological polar surface area (TPSA) is 0 Å². The van der Waals surface area contributed by atoms with Crippen molar-refractivity contribution >= 4 is 0 Å². The van der Waals surface area contributed by atoms with Crippen LogP contribution in [0.5, 0.6) is 0 Å². The van der Waals surface area contributed by atoms with Crippen LogP contribution in [0.2, 0.25) is 0 Å². The van der Waals surface area contributed by atoms with Gasteiger partial charge in [0.15, 0.2) is 0 Å². The maximum Gasteiger partial charge on any atom is -0.00168 e. The van der Waals surface area contributed by atoms with E-state index in [0.29, 0.717) is 0 Å². The van der Waals surface area contributed by atoms with Crippen LogP contribution in [0.1, 0.15) is 19.3 Å². The van der Waals surface area contributed by atoms with Crippen LogP contribution in [0, 0.1) is 12.3 Å². The molecule has 0 saturated heterocycles. The lowest BCUT2D eigenvalue weighted by atomic mass is 9.87. The highest BCUT2D eigenvalue weighted by molar-refractivity contribution is 5.29. The number of fused-ring (bicyclic) bond motifs is 1. The van der Waals surface area contributed by atoms with E-state index in [1.165, 1.54) is 19.3 Å². The Bertz CT molecular complexity index is 163. The zero-order valence-electron chi connectivity index (χ0n) is 5.51. The summed E-state index contributed by atoms with van der Waals surface area (Å²) in [4.78, 5) is 0. The van der Waals surface area contributed by atoms with Gasteiger partial charge in [0.05, 0.1) is 0 Å². The zero-order chi connectivity index (χ0) is 6.10. The van der Waals surface area contributed by atoms with Gasteiger partial charge < -0.3 is 0 Å². The van der Waals surface area contributed by atoms with Gasteiger partial charge in [0.2, 0.25) is 0 Å². The molecule has 0 amide bonds. The Kier molecular flexibility index (Phi) is 1.18. The molecule has 0 nitrogen and oxygen atoms in total. The first-order valence-electron chi connectivity index (χ1n) is 3.66. The van der Waals surface area contributed by atoms with E-state index < -0.39 is 0 Å². The molecule has 9 heavy (non-hydrogen) atoms. The van der Waals surface area contributed by atoms with Crippen molar-refractivity contribution in [2.75, 3.05) is 0 Å². The first-order valence-corrected chi connectivity index (χ1v) is 3.66. The first-order chi connectivity index (χ1) is 4.47. The Labute approximate surface area is 56.3 Å². The molecule has 0 aliphatic heterocycles. The molecule has 0 heterocycles. The molecular formula is C9H11. The third-order valence-electron chi connectivity index (χ3n) is 2.19. The summed E-state index contributed by atoms with van der Waals surface area (Å²) in [6, 6.07) is 0. The average molecular weight is 119 g/mol. The second kappa shape index (κ2) is 2.02. The summed E-state index contributed by atoms with van der Waals surface area (Å²) in [7, 11) is 0. The third kappa shape index (κ3) is 0.827. The smallest absolute Gasteiger partial charge is 0.00168 e. The summed E-state index contributed by atoms with van der Waals surface area (Å²) >= 11 is 0. The Morgan fingerprint density at radius 3 is 3.33 bits per heavy atom. The minimum Gasteiger partial charge on any atom is -0.0773 e. The first kappa shape index (κ1) is 5.28. The van der Waals surface area contributed by atoms with Gasteiger partial charge in [-0.15, -0.1) is 0 Å². The zero-order valence-corrected chi connectivity index (χ0v) is 5.51. The molecule has 0 heteroatoms. The van der Waals surface area contributed by atoms with Crippen molar-refractivity contribution < 1.29 is 0 Å². The van der Waals surface area contributed by atoms with E-state index in [-0.39, 0.29) is 0 Å². The Morgan fingerprint density at radius 1 is 1.44 bits per heavy atom. The molecule has 2 aliphatic rings. The molecule has 0 spiro atoms. The quantitative estimate of drug-likeness (QED) is 0.459. The van der Waals surface area contributed by atoms with E-state index in [1.807, 2.05) is 0 Å². The Balaban J connectivity index is 2.16. The van der Waals surface area contributed by atoms with Crippen LogP contribution in [0.25, 0.3) is 0 Å². The molecule has 0 aromatic heterocycles. The van der Waals surface area contributed by atoms with Crippen molar-refractivity contribution in [1.82, 2.24) is 0 Å². The van der Waals surface area contributed by atoms with E-state index in [4.69, 9.17) is 0 Å². The molecule has 2 aliphatic carbocycles. The van der Waals surface area contributed by atoms with Crippen LogP contribution < -0.4 is 0 Å². The molecule has 2 rings (SSSR count). The summed E-state index contributed by atoms with van der Waals surface area (Å²) in [6.45, 7) is 0. The summed E-state index contributed by atoms with van der Waals surface area (Å²) in [6.07, 6.45) is 13.1. The van der Waals surface area contributed by atoms with Gasteiger partial charge in [-0.25, -0.2) is 0 Å². The minimum absolute atomic E-state index is 0.815. The second-order valence-corrected chi connectivity index (χ2v) is 2.80. The van der Waals surface area contributed by atoms with Crippen LogP contribution in [0.15, 0.2) is 23.8 Å². The van der Waals surface area contributed by atoms with Crippen LogP contribution in [-0.4, -0.2) is 0 Å². The lowest BCUT2D eigenvalue weighted by molar-refractivity contribution is 0.603. The normalized spacial score (nSPS) is 32.0. The van der Waals surface area contributed by atoms with Crippen molar-refractivity contribution in [3.63, 3.8) is 0 Å². The van der Waals surface area contributed by atoms with Gasteiger partial charge in [-0.05, 0) is 31.6 Å². The predicted octanol–water partition coefficient (Wildman–Crippen LogP) is 2.49. The summed E-state index contributed by atoms with van der Waals surface area (Å²) in [5, 5.41) is 0. The monoisotopic (exact) mass is 119 g/mol. The van der Waals surface area contributed by atoms with E-state index in [0.717, 1.165) is 5.92 Å². The van der Waals surface area contributed by atoms with Gasteiger partial charge in [0.25, 0.3) is 0 Å². The largest absolute Gasteiger partial charge is 0.0773 e. The van der Waals surface area contributed by atoms with Gasteiger partial charge >= 0.3 is 0 Å². The van der Waals surface area contributed by atoms with E-state index in [2.05, 4.69) is 24.6 Å². The van der Waals surface area contributed by atoms with Crippen LogP contribution >= 0.6 is 0 Å². The van der Waals surface area contributed by atoms with Crippen LogP contribution in [0.4, 0.5) is 0 Å². The minimum atomic E-state index is 0.815. The summed E-state index contributed by atoms with van der Waals surface area (Å²) in [5.41, 5.74) is 1.63. The van der Waals surface area contributed by atoms with Gasteiger partial charge in [-0.2, -0.15) is 0 Å². The highest BCUT2D eigenvalue weighted by Crippen LogP contribution is 2.32. The molecule has 0 N–H and O–H groups in total. The van der Waals surface area contributed by atoms with Crippen molar-refractivity contribution in [1.29, 1.82) is 0 Å². The molecule has 1 radical (unpaired) electrons. The van der Waals surface area contributed by atoms with Gasteiger partial charge in [0, 0.05) is 0 Å². The Morgan fingerprint density at radius 2 is 2.44 bits per heavy atom. The number of hydrogen-bond donors (Lipinski definition) is 0. The number of hydrogen-bond acceptors (Lipinski definition) is 0. The Hall–Kier alpha value is -0.520. The highest BCUT2D eigenvalue weighted by atomic mass is 14.2. The molecule has 47 valence electrons. The maximum atomic E-state index is 2.38. The van der Waals surface area contributed by atoms with Crippen LogP contribution in [0.3, 0.4) is 0 Å². The van der Waals surface area contributed by atoms with Crippen molar-refractivity contribution in [3.8, 4) is 0 Å². The van der Waals surface area contributed by atoms with E-state index in [1.54, 1.807) is 5.57 Å². The van der Waals surface area contributed by atoms with Crippen molar-refractivity contribution in [3.05, 3.63) is 30.2 Å². The fourth-order valence-electron chi connectivity index (χ4n) is 1.63. The number of allylic oxidation sites excluding steroid dienone is 4. The fourth-order valence-corrected chi connectivity index (χ4v) is 1.63. The van der Waals surface area contributed by atoms with Gasteiger partial charge in [0.1, 0.15) is 0 Å². The lowest BCUT2D eigenvalue weighted by Gasteiger charge is -2.18. The molecule has 0 aromatic rings. The molecule has 1 unspecified atom stereocenters. The molecule has 0 aromatic carbocycles. The standard InChI is InChI=1S/C9H11/c1-2-5-9-7-3-6-8(9)4-1/h1,3,6-7,9H,2,4-5H2. The van der Waals surface area contributed by atoms with Gasteiger partial charge in [-0.1, -0.05) is 23.8 Å². The predicted molar refractivity (Wildman–Crippen MR) is 38.9 cm³/mol. The maximum absolute atomic E-state index is 2.38. The van der Waals surface area contributed by atoms with E-state index in [9.17, 15) is 0 Å². The van der Waals surface area contributed by atoms with Crippen molar-refractivity contribution in [2.24, 2.45) is 5.92 Å². The van der Waals surface area contributed by atoms with Crippen molar-refractivity contribution in [2.45, 2.75) is 19.3 Å². The fraction of sp³-hybridized carbons (Fsp3) is 0.444. The summed E-state index contributed by atoms with van der Waals surface area (Å²) in [5.74, 6) is 0.815.